The second-order valence-electron chi connectivity index (χ2n) is 7.01. The molecule has 0 saturated heterocycles. The third kappa shape index (κ3) is 5.65. The van der Waals surface area contributed by atoms with Crippen molar-refractivity contribution in [3.05, 3.63) is 70.7 Å². The quantitative estimate of drug-likeness (QED) is 0.510. The Balaban J connectivity index is 1.64. The maximum Gasteiger partial charge on any atom is 0.313 e. The first-order valence-corrected chi connectivity index (χ1v) is 10.2. The molecule has 1 aromatic heterocycles. The van der Waals surface area contributed by atoms with Crippen LogP contribution in [0.5, 0.6) is 5.75 Å². The predicted molar refractivity (Wildman–Crippen MR) is 114 cm³/mol. The summed E-state index contributed by atoms with van der Waals surface area (Å²) in [7, 11) is 0. The summed E-state index contributed by atoms with van der Waals surface area (Å²) in [5, 5.41) is 12.8. The van der Waals surface area contributed by atoms with Gasteiger partial charge in [0.2, 0.25) is 0 Å². The van der Waals surface area contributed by atoms with Gasteiger partial charge in [-0.25, -0.2) is 4.98 Å². The highest BCUT2D eigenvalue weighted by Gasteiger charge is 2.36. The molecule has 1 N–H and O–H groups in total. The van der Waals surface area contributed by atoms with Gasteiger partial charge < -0.3 is 9.84 Å². The second kappa shape index (κ2) is 9.20. The molecule has 0 aliphatic heterocycles. The number of ketones is 1. The minimum absolute atomic E-state index is 0.0747. The van der Waals surface area contributed by atoms with Crippen LogP contribution in [-0.2, 0) is 16.0 Å². The normalized spacial score (nSPS) is 12.9. The number of carbonyl (C=O) groups is 2. The standard InChI is InChI=1S/C22H20ClNO4S/c1-22(21(26)27,14-28-19-8-3-2-4-9-19)12-18(25)11-17-13-29-20(24-17)15-6-5-7-16(23)10-15/h2-10,13H,11-12,14H2,1H3,(H,26,27). The van der Waals surface area contributed by atoms with Crippen LogP contribution >= 0.6 is 22.9 Å². The third-order valence-corrected chi connectivity index (χ3v) is 5.58. The van der Waals surface area contributed by atoms with Crippen molar-refractivity contribution in [2.24, 2.45) is 5.41 Å². The zero-order valence-corrected chi connectivity index (χ0v) is 17.4. The fraction of sp³-hybridized carbons (Fsp3) is 0.227. The van der Waals surface area contributed by atoms with Crippen LogP contribution in [0.25, 0.3) is 10.6 Å². The minimum atomic E-state index is -1.32. The Kier molecular flexibility index (Phi) is 6.67. The van der Waals surface area contributed by atoms with E-state index in [0.29, 0.717) is 16.5 Å². The molecule has 1 heterocycles. The molecule has 7 heteroatoms. The van der Waals surface area contributed by atoms with Crippen molar-refractivity contribution in [3.8, 4) is 16.3 Å². The van der Waals surface area contributed by atoms with Crippen molar-refractivity contribution in [1.82, 2.24) is 4.98 Å². The number of aliphatic carboxylic acids is 1. The second-order valence-corrected chi connectivity index (χ2v) is 8.31. The molecule has 0 amide bonds. The number of thiazole rings is 1. The lowest BCUT2D eigenvalue weighted by Gasteiger charge is -2.24. The number of carboxylic acid groups (broad SMARTS) is 1. The summed E-state index contributed by atoms with van der Waals surface area (Å²) in [6.45, 7) is 1.43. The van der Waals surface area contributed by atoms with Crippen LogP contribution in [0.4, 0.5) is 0 Å². The van der Waals surface area contributed by atoms with Crippen LogP contribution in [-0.4, -0.2) is 28.4 Å². The van der Waals surface area contributed by atoms with Crippen LogP contribution in [0.15, 0.2) is 60.0 Å². The fourth-order valence-electron chi connectivity index (χ4n) is 2.79. The molecule has 0 bridgehead atoms. The van der Waals surface area contributed by atoms with E-state index in [1.54, 1.807) is 30.3 Å². The monoisotopic (exact) mass is 429 g/mol. The molecule has 0 aliphatic rings. The highest BCUT2D eigenvalue weighted by atomic mass is 35.5. The van der Waals surface area contributed by atoms with E-state index in [-0.39, 0.29) is 25.2 Å². The molecule has 0 radical (unpaired) electrons. The summed E-state index contributed by atoms with van der Waals surface area (Å²) in [5.41, 5.74) is 0.179. The van der Waals surface area contributed by atoms with E-state index >= 15 is 0 Å². The van der Waals surface area contributed by atoms with E-state index in [0.717, 1.165) is 10.6 Å². The van der Waals surface area contributed by atoms with Crippen molar-refractivity contribution in [3.63, 3.8) is 0 Å². The Morgan fingerprint density at radius 3 is 2.62 bits per heavy atom. The van der Waals surface area contributed by atoms with E-state index in [1.807, 2.05) is 29.6 Å². The van der Waals surface area contributed by atoms with Crippen LogP contribution in [0.2, 0.25) is 5.02 Å². The van der Waals surface area contributed by atoms with Gasteiger partial charge in [0.1, 0.15) is 28.6 Å². The molecule has 150 valence electrons. The van der Waals surface area contributed by atoms with Crippen LogP contribution in [0.3, 0.4) is 0 Å². The van der Waals surface area contributed by atoms with Crippen molar-refractivity contribution < 1.29 is 19.4 Å². The first kappa shape index (κ1) is 21.0. The van der Waals surface area contributed by atoms with Crippen molar-refractivity contribution in [1.29, 1.82) is 0 Å². The van der Waals surface area contributed by atoms with Crippen molar-refractivity contribution in [2.45, 2.75) is 19.8 Å². The SMILES string of the molecule is CC(COc1ccccc1)(CC(=O)Cc1csc(-c2cccc(Cl)c2)n1)C(=O)O. The van der Waals surface area contributed by atoms with E-state index < -0.39 is 11.4 Å². The van der Waals surface area contributed by atoms with E-state index in [9.17, 15) is 14.7 Å². The Morgan fingerprint density at radius 2 is 1.93 bits per heavy atom. The number of carboxylic acids is 1. The summed E-state index contributed by atoms with van der Waals surface area (Å²) in [4.78, 5) is 28.9. The average Bonchev–Trinajstić information content (AvgIpc) is 3.15. The summed E-state index contributed by atoms with van der Waals surface area (Å²) < 4.78 is 5.60. The largest absolute Gasteiger partial charge is 0.492 e. The lowest BCUT2D eigenvalue weighted by Crippen LogP contribution is -2.36. The Bertz CT molecular complexity index is 1000. The molecule has 1 atom stereocenters. The number of halogens is 1. The number of rotatable bonds is 9. The molecule has 0 aliphatic carbocycles. The number of aromatic nitrogens is 1. The van der Waals surface area contributed by atoms with Gasteiger partial charge >= 0.3 is 5.97 Å². The van der Waals surface area contributed by atoms with Crippen LogP contribution in [0, 0.1) is 5.41 Å². The summed E-state index contributed by atoms with van der Waals surface area (Å²) in [6, 6.07) is 16.3. The number of carbonyl (C=O) groups excluding carboxylic acids is 1. The number of benzene rings is 2. The molecule has 3 aromatic rings. The number of Topliss-reactive ketones (excluding diaryl/α,β-unsaturated/α-hetero) is 1. The minimum Gasteiger partial charge on any atom is -0.492 e. The first-order valence-electron chi connectivity index (χ1n) is 8.99. The van der Waals surface area contributed by atoms with Crippen molar-refractivity contribution in [2.75, 3.05) is 6.61 Å². The highest BCUT2D eigenvalue weighted by Crippen LogP contribution is 2.28. The van der Waals surface area contributed by atoms with Gasteiger partial charge in [-0.1, -0.05) is 41.9 Å². The smallest absolute Gasteiger partial charge is 0.313 e. The molecule has 0 spiro atoms. The average molecular weight is 430 g/mol. The third-order valence-electron chi connectivity index (χ3n) is 4.41. The zero-order valence-electron chi connectivity index (χ0n) is 15.8. The summed E-state index contributed by atoms with van der Waals surface area (Å²) in [5.74, 6) is -0.702. The molecule has 0 fully saturated rings. The topological polar surface area (TPSA) is 76.5 Å². The van der Waals surface area contributed by atoms with Gasteiger partial charge in [-0.05, 0) is 31.2 Å². The Morgan fingerprint density at radius 1 is 1.17 bits per heavy atom. The van der Waals surface area contributed by atoms with E-state index in [1.165, 1.54) is 18.3 Å². The maximum absolute atomic E-state index is 12.6. The summed E-state index contributed by atoms with van der Waals surface area (Å²) in [6.07, 6.45) is -0.0650. The van der Waals surface area contributed by atoms with Crippen molar-refractivity contribution >= 4 is 34.7 Å². The number of hydrogen-bond donors (Lipinski definition) is 1. The van der Waals surface area contributed by atoms with E-state index in [4.69, 9.17) is 16.3 Å². The molecular weight excluding hydrogens is 410 g/mol. The van der Waals surface area contributed by atoms with Gasteiger partial charge in [0.25, 0.3) is 0 Å². The molecular formula is C22H20ClNO4S. The van der Waals surface area contributed by atoms with Gasteiger partial charge in [-0.3, -0.25) is 9.59 Å². The van der Waals surface area contributed by atoms with E-state index in [2.05, 4.69) is 4.98 Å². The van der Waals surface area contributed by atoms with Crippen LogP contribution < -0.4 is 4.74 Å². The molecule has 0 saturated carbocycles. The molecule has 2 aromatic carbocycles. The molecule has 5 nitrogen and oxygen atoms in total. The van der Waals surface area contributed by atoms with Gasteiger partial charge in [-0.2, -0.15) is 0 Å². The Hall–Kier alpha value is -2.70. The number of para-hydroxylation sites is 1. The van der Waals surface area contributed by atoms with Gasteiger partial charge in [0.15, 0.2) is 0 Å². The molecule has 3 rings (SSSR count). The maximum atomic E-state index is 12.6. The number of ether oxygens (including phenoxy) is 1. The predicted octanol–water partition coefficient (Wildman–Crippen LogP) is 5.14. The molecule has 29 heavy (non-hydrogen) atoms. The van der Waals surface area contributed by atoms with Gasteiger partial charge in [-0.15, -0.1) is 11.3 Å². The summed E-state index contributed by atoms with van der Waals surface area (Å²) >= 11 is 7.44. The first-order chi connectivity index (χ1) is 13.9. The molecule has 1 unspecified atom stereocenters. The fourth-order valence-corrected chi connectivity index (χ4v) is 3.80. The van der Waals surface area contributed by atoms with Gasteiger partial charge in [0, 0.05) is 28.8 Å². The number of hydrogen-bond acceptors (Lipinski definition) is 5. The lowest BCUT2D eigenvalue weighted by molar-refractivity contribution is -0.152. The number of nitrogens with zero attached hydrogens (tertiary/aromatic N) is 1. The Labute approximate surface area is 177 Å². The lowest BCUT2D eigenvalue weighted by atomic mass is 9.85. The van der Waals surface area contributed by atoms with Crippen LogP contribution in [0.1, 0.15) is 19.0 Å². The highest BCUT2D eigenvalue weighted by molar-refractivity contribution is 7.13. The van der Waals surface area contributed by atoms with Gasteiger partial charge in [0.05, 0.1) is 5.69 Å². The zero-order chi connectivity index (χ0) is 20.9.